The first-order valence-electron chi connectivity index (χ1n) is 6.76. The van der Waals surface area contributed by atoms with Crippen LogP contribution >= 0.6 is 0 Å². The Hall–Kier alpha value is -0.870. The molecule has 0 saturated carbocycles. The third-order valence-electron chi connectivity index (χ3n) is 3.40. The molecule has 1 atom stereocenters. The van der Waals surface area contributed by atoms with Crippen LogP contribution in [0, 0.1) is 0 Å². The van der Waals surface area contributed by atoms with E-state index in [1.807, 2.05) is 19.4 Å². The summed E-state index contributed by atoms with van der Waals surface area (Å²) in [5, 5.41) is 3.57. The lowest BCUT2D eigenvalue weighted by atomic mass is 9.98. The zero-order chi connectivity index (χ0) is 13.6. The topological polar surface area (TPSA) is 39.1 Å². The largest absolute Gasteiger partial charge is 0.379 e. The van der Waals surface area contributed by atoms with E-state index in [0.29, 0.717) is 6.04 Å². The average molecular weight is 253 g/mol. The number of hydrogen-bond acceptors (Lipinski definition) is 3. The van der Waals surface area contributed by atoms with Crippen molar-refractivity contribution in [3.05, 3.63) is 18.2 Å². The van der Waals surface area contributed by atoms with Crippen molar-refractivity contribution in [1.29, 1.82) is 0 Å². The first-order valence-corrected chi connectivity index (χ1v) is 6.76. The number of nitrogens with zero attached hydrogens (tertiary/aromatic N) is 2. The second-order valence-corrected chi connectivity index (χ2v) is 5.41. The van der Waals surface area contributed by atoms with Crippen LogP contribution in [-0.2, 0) is 11.8 Å². The zero-order valence-electron chi connectivity index (χ0n) is 12.4. The Morgan fingerprint density at radius 1 is 1.50 bits per heavy atom. The van der Waals surface area contributed by atoms with E-state index >= 15 is 0 Å². The predicted octanol–water partition coefficient (Wildman–Crippen LogP) is 2.67. The van der Waals surface area contributed by atoms with Gasteiger partial charge >= 0.3 is 0 Å². The Kier molecular flexibility index (Phi) is 5.82. The van der Waals surface area contributed by atoms with Crippen LogP contribution in [0.2, 0.25) is 0 Å². The average Bonchev–Trinajstić information content (AvgIpc) is 2.76. The highest BCUT2D eigenvalue weighted by atomic mass is 16.5. The minimum atomic E-state index is -0.0721. The number of ether oxygens (including phenoxy) is 1. The van der Waals surface area contributed by atoms with E-state index < -0.39 is 0 Å². The van der Waals surface area contributed by atoms with Crippen molar-refractivity contribution in [1.82, 2.24) is 14.9 Å². The molecular weight excluding hydrogens is 226 g/mol. The number of imidazole rings is 1. The molecule has 1 rings (SSSR count). The van der Waals surface area contributed by atoms with Crippen LogP contribution in [0.4, 0.5) is 0 Å². The van der Waals surface area contributed by atoms with Gasteiger partial charge in [0.05, 0.1) is 11.6 Å². The van der Waals surface area contributed by atoms with Crippen molar-refractivity contribution >= 4 is 0 Å². The maximum absolute atomic E-state index is 5.49. The highest BCUT2D eigenvalue weighted by molar-refractivity contribution is 4.99. The van der Waals surface area contributed by atoms with Crippen LogP contribution < -0.4 is 5.32 Å². The molecule has 1 aromatic heterocycles. The third kappa shape index (κ3) is 4.42. The van der Waals surface area contributed by atoms with E-state index in [1.165, 1.54) is 0 Å². The summed E-state index contributed by atoms with van der Waals surface area (Å²) < 4.78 is 7.58. The summed E-state index contributed by atoms with van der Waals surface area (Å²) in [7, 11) is 3.82. The van der Waals surface area contributed by atoms with Crippen LogP contribution in [0.15, 0.2) is 12.4 Å². The Balaban J connectivity index is 2.65. The second-order valence-electron chi connectivity index (χ2n) is 5.41. The first kappa shape index (κ1) is 15.2. The van der Waals surface area contributed by atoms with Crippen molar-refractivity contribution < 1.29 is 4.74 Å². The molecule has 0 aliphatic rings. The van der Waals surface area contributed by atoms with Gasteiger partial charge in [0.1, 0.15) is 5.82 Å². The van der Waals surface area contributed by atoms with Gasteiger partial charge in [0, 0.05) is 26.6 Å². The Bertz CT molecular complexity index is 347. The standard InChI is InChI=1S/C14H27N3O/c1-6-9-15-12(7-8-14(2,3)18-5)13-16-10-11-17(13)4/h10-12,15H,6-9H2,1-5H3. The molecule has 104 valence electrons. The van der Waals surface area contributed by atoms with Gasteiger partial charge in [-0.15, -0.1) is 0 Å². The van der Waals surface area contributed by atoms with Gasteiger partial charge in [-0.25, -0.2) is 4.98 Å². The van der Waals surface area contributed by atoms with E-state index in [1.54, 1.807) is 7.11 Å². The molecule has 0 aliphatic carbocycles. The van der Waals surface area contributed by atoms with Gasteiger partial charge in [0.25, 0.3) is 0 Å². The molecule has 0 aliphatic heterocycles. The first-order chi connectivity index (χ1) is 8.50. The quantitative estimate of drug-likeness (QED) is 0.774. The molecule has 1 unspecified atom stereocenters. The molecule has 1 N–H and O–H groups in total. The van der Waals surface area contributed by atoms with Crippen molar-refractivity contribution in [2.75, 3.05) is 13.7 Å². The number of nitrogens with one attached hydrogen (secondary N) is 1. The van der Waals surface area contributed by atoms with Crippen LogP contribution in [0.5, 0.6) is 0 Å². The summed E-state index contributed by atoms with van der Waals surface area (Å²) in [6.07, 6.45) is 7.03. The Morgan fingerprint density at radius 3 is 2.72 bits per heavy atom. The van der Waals surface area contributed by atoms with E-state index in [2.05, 4.69) is 35.6 Å². The molecule has 4 heteroatoms. The van der Waals surface area contributed by atoms with E-state index in [-0.39, 0.29) is 5.60 Å². The van der Waals surface area contributed by atoms with E-state index in [0.717, 1.165) is 31.6 Å². The van der Waals surface area contributed by atoms with Gasteiger partial charge in [-0.05, 0) is 39.7 Å². The van der Waals surface area contributed by atoms with Crippen molar-refractivity contribution in [3.8, 4) is 0 Å². The zero-order valence-corrected chi connectivity index (χ0v) is 12.4. The van der Waals surface area contributed by atoms with E-state index in [4.69, 9.17) is 4.74 Å². The second kappa shape index (κ2) is 6.90. The lowest BCUT2D eigenvalue weighted by Crippen LogP contribution is -2.29. The van der Waals surface area contributed by atoms with Crippen LogP contribution in [-0.4, -0.2) is 28.8 Å². The molecule has 0 spiro atoms. The molecule has 1 heterocycles. The minimum absolute atomic E-state index is 0.0721. The summed E-state index contributed by atoms with van der Waals surface area (Å²) >= 11 is 0. The van der Waals surface area contributed by atoms with Gasteiger partial charge in [0.2, 0.25) is 0 Å². The van der Waals surface area contributed by atoms with Crippen LogP contribution in [0.1, 0.15) is 51.9 Å². The number of aromatic nitrogens is 2. The SMILES string of the molecule is CCCNC(CCC(C)(C)OC)c1nccn1C. The van der Waals surface area contributed by atoms with Crippen LogP contribution in [0.25, 0.3) is 0 Å². The summed E-state index contributed by atoms with van der Waals surface area (Å²) in [6, 6.07) is 0.305. The predicted molar refractivity (Wildman–Crippen MR) is 74.6 cm³/mol. The fourth-order valence-electron chi connectivity index (χ4n) is 1.95. The molecule has 18 heavy (non-hydrogen) atoms. The summed E-state index contributed by atoms with van der Waals surface area (Å²) in [6.45, 7) is 7.46. The van der Waals surface area contributed by atoms with Gasteiger partial charge in [0.15, 0.2) is 0 Å². The number of methoxy groups -OCH3 is 1. The van der Waals surface area contributed by atoms with E-state index in [9.17, 15) is 0 Å². The number of rotatable bonds is 8. The molecule has 4 nitrogen and oxygen atoms in total. The highest BCUT2D eigenvalue weighted by Crippen LogP contribution is 2.23. The molecule has 0 aromatic carbocycles. The molecular formula is C14H27N3O. The lowest BCUT2D eigenvalue weighted by Gasteiger charge is -2.26. The third-order valence-corrected chi connectivity index (χ3v) is 3.40. The molecule has 0 saturated heterocycles. The number of aryl methyl sites for hydroxylation is 1. The molecule has 0 radical (unpaired) electrons. The van der Waals surface area contributed by atoms with Gasteiger partial charge in [-0.3, -0.25) is 0 Å². The minimum Gasteiger partial charge on any atom is -0.379 e. The lowest BCUT2D eigenvalue weighted by molar-refractivity contribution is 0.0114. The van der Waals surface area contributed by atoms with Crippen LogP contribution in [0.3, 0.4) is 0 Å². The van der Waals surface area contributed by atoms with Crippen molar-refractivity contribution in [2.45, 2.75) is 51.7 Å². The molecule has 0 fully saturated rings. The normalized spacial score (nSPS) is 13.8. The highest BCUT2D eigenvalue weighted by Gasteiger charge is 2.21. The fraction of sp³-hybridized carbons (Fsp3) is 0.786. The van der Waals surface area contributed by atoms with Gasteiger partial charge < -0.3 is 14.6 Å². The molecule has 0 bridgehead atoms. The van der Waals surface area contributed by atoms with Gasteiger partial charge in [-0.2, -0.15) is 0 Å². The Morgan fingerprint density at radius 2 is 2.22 bits per heavy atom. The molecule has 0 amide bonds. The maximum atomic E-state index is 5.49. The summed E-state index contributed by atoms with van der Waals surface area (Å²) in [4.78, 5) is 4.46. The summed E-state index contributed by atoms with van der Waals surface area (Å²) in [5.41, 5.74) is -0.0721. The Labute approximate surface area is 111 Å². The number of hydrogen-bond donors (Lipinski definition) is 1. The summed E-state index contributed by atoms with van der Waals surface area (Å²) in [5.74, 6) is 1.11. The van der Waals surface area contributed by atoms with Gasteiger partial charge in [-0.1, -0.05) is 6.92 Å². The monoisotopic (exact) mass is 253 g/mol. The van der Waals surface area contributed by atoms with Crippen molar-refractivity contribution in [2.24, 2.45) is 7.05 Å². The van der Waals surface area contributed by atoms with Crippen molar-refractivity contribution in [3.63, 3.8) is 0 Å². The smallest absolute Gasteiger partial charge is 0.125 e. The fourth-order valence-corrected chi connectivity index (χ4v) is 1.95. The molecule has 1 aromatic rings. The maximum Gasteiger partial charge on any atom is 0.125 e.